The van der Waals surface area contributed by atoms with Crippen molar-refractivity contribution < 1.29 is 29.3 Å². The third kappa shape index (κ3) is 7.79. The van der Waals surface area contributed by atoms with Gasteiger partial charge in [0, 0.05) is 12.8 Å². The summed E-state index contributed by atoms with van der Waals surface area (Å²) in [7, 11) is 0. The molecule has 4 saturated carbocycles. The predicted molar refractivity (Wildman–Crippen MR) is 168 cm³/mol. The number of nitrogens with one attached hydrogen (secondary N) is 1. The van der Waals surface area contributed by atoms with Gasteiger partial charge in [-0.2, -0.15) is 0 Å². The summed E-state index contributed by atoms with van der Waals surface area (Å²) in [6.07, 6.45) is 18.2. The summed E-state index contributed by atoms with van der Waals surface area (Å²) >= 11 is 0. The Bertz CT molecular complexity index is 954. The number of fused-ring (bicyclic) bond motifs is 5. The first-order valence-corrected chi connectivity index (χ1v) is 17.9. The van der Waals surface area contributed by atoms with Crippen LogP contribution >= 0.6 is 0 Å². The van der Waals surface area contributed by atoms with E-state index < -0.39 is 5.97 Å². The number of ether oxygens (including phenoxy) is 1. The molecule has 10 atom stereocenters. The number of carboxylic acids is 1. The zero-order valence-electron chi connectivity index (χ0n) is 27.6. The monoisotopic (exact) mass is 603 g/mol. The highest BCUT2D eigenvalue weighted by molar-refractivity contribution is 5.81. The van der Waals surface area contributed by atoms with E-state index in [9.17, 15) is 19.5 Å². The lowest BCUT2D eigenvalue weighted by Crippen LogP contribution is -2.59. The SMILES string of the molecule is CCCCCCCCCC(=O)OC1CCC2(C)C(CCC3C2CC(O)C2(C)C(C(C)CCC(=O)NCC(=O)O)CCC32)C1. The van der Waals surface area contributed by atoms with Crippen molar-refractivity contribution >= 4 is 17.8 Å². The fourth-order valence-electron chi connectivity index (χ4n) is 10.5. The van der Waals surface area contributed by atoms with Crippen LogP contribution in [-0.4, -0.2) is 46.8 Å². The predicted octanol–water partition coefficient (Wildman–Crippen LogP) is 7.29. The molecule has 246 valence electrons. The maximum Gasteiger partial charge on any atom is 0.322 e. The van der Waals surface area contributed by atoms with Gasteiger partial charge in [0.1, 0.15) is 12.6 Å². The van der Waals surface area contributed by atoms with E-state index in [4.69, 9.17) is 9.84 Å². The molecule has 4 fully saturated rings. The second-order valence-electron chi connectivity index (χ2n) is 15.4. The largest absolute Gasteiger partial charge is 0.480 e. The molecule has 0 spiro atoms. The molecule has 7 nitrogen and oxygen atoms in total. The Labute approximate surface area is 260 Å². The minimum atomic E-state index is -1.02. The zero-order valence-corrected chi connectivity index (χ0v) is 27.6. The number of carbonyl (C=O) groups excluding carboxylic acids is 2. The first-order chi connectivity index (χ1) is 20.5. The van der Waals surface area contributed by atoms with E-state index in [1.807, 2.05) is 0 Å². The molecule has 4 rings (SSSR count). The lowest BCUT2D eigenvalue weighted by molar-refractivity contribution is -0.181. The molecule has 4 aliphatic rings. The maximum atomic E-state index is 12.6. The van der Waals surface area contributed by atoms with E-state index in [0.717, 1.165) is 57.8 Å². The molecule has 7 heteroatoms. The van der Waals surface area contributed by atoms with Crippen molar-refractivity contribution in [1.82, 2.24) is 5.32 Å². The van der Waals surface area contributed by atoms with Gasteiger partial charge < -0.3 is 20.3 Å². The van der Waals surface area contributed by atoms with Crippen molar-refractivity contribution in [3.05, 3.63) is 0 Å². The average molecular weight is 604 g/mol. The quantitative estimate of drug-likeness (QED) is 0.134. The summed E-state index contributed by atoms with van der Waals surface area (Å²) in [6, 6.07) is 0. The van der Waals surface area contributed by atoms with Gasteiger partial charge >= 0.3 is 11.9 Å². The highest BCUT2D eigenvalue weighted by Gasteiger charge is 2.63. The number of aliphatic hydroxyl groups excluding tert-OH is 1. The van der Waals surface area contributed by atoms with Crippen LogP contribution in [0.15, 0.2) is 0 Å². The van der Waals surface area contributed by atoms with Crippen molar-refractivity contribution in [3.8, 4) is 0 Å². The van der Waals surface area contributed by atoms with Gasteiger partial charge in [-0.15, -0.1) is 0 Å². The molecule has 0 bridgehead atoms. The van der Waals surface area contributed by atoms with Gasteiger partial charge in [-0.1, -0.05) is 66.2 Å². The minimum Gasteiger partial charge on any atom is -0.480 e. The minimum absolute atomic E-state index is 0.00909. The number of carbonyl (C=O) groups is 3. The molecular formula is C36H61NO6. The number of carboxylic acid groups (broad SMARTS) is 1. The van der Waals surface area contributed by atoms with Crippen molar-refractivity contribution in [2.45, 2.75) is 155 Å². The first-order valence-electron chi connectivity index (χ1n) is 17.9. The molecular weight excluding hydrogens is 542 g/mol. The molecule has 10 unspecified atom stereocenters. The molecule has 4 aliphatic carbocycles. The van der Waals surface area contributed by atoms with Crippen LogP contribution in [0.2, 0.25) is 0 Å². The van der Waals surface area contributed by atoms with Crippen LogP contribution in [0.4, 0.5) is 0 Å². The molecule has 0 aliphatic heterocycles. The molecule has 3 N–H and O–H groups in total. The Kier molecular flexibility index (Phi) is 12.0. The van der Waals surface area contributed by atoms with Crippen molar-refractivity contribution in [2.75, 3.05) is 6.54 Å². The number of rotatable bonds is 15. The molecule has 0 heterocycles. The van der Waals surface area contributed by atoms with E-state index in [0.29, 0.717) is 48.3 Å². The van der Waals surface area contributed by atoms with Gasteiger partial charge in [-0.3, -0.25) is 14.4 Å². The third-order valence-electron chi connectivity index (χ3n) is 13.0. The summed E-state index contributed by atoms with van der Waals surface area (Å²) in [5.74, 6) is 1.63. The van der Waals surface area contributed by atoms with Gasteiger partial charge in [0.05, 0.1) is 6.10 Å². The van der Waals surface area contributed by atoms with Crippen LogP contribution in [0.5, 0.6) is 0 Å². The van der Waals surface area contributed by atoms with Gasteiger partial charge in [-0.25, -0.2) is 0 Å². The highest BCUT2D eigenvalue weighted by Crippen LogP contribution is 2.68. The number of hydrogen-bond acceptors (Lipinski definition) is 5. The van der Waals surface area contributed by atoms with Crippen molar-refractivity contribution in [3.63, 3.8) is 0 Å². The molecule has 1 amide bonds. The van der Waals surface area contributed by atoms with Crippen molar-refractivity contribution in [2.24, 2.45) is 46.3 Å². The van der Waals surface area contributed by atoms with Crippen LogP contribution in [0.3, 0.4) is 0 Å². The van der Waals surface area contributed by atoms with Crippen LogP contribution in [0.1, 0.15) is 143 Å². The molecule has 0 radical (unpaired) electrons. The van der Waals surface area contributed by atoms with E-state index >= 15 is 0 Å². The topological polar surface area (TPSA) is 113 Å². The Morgan fingerprint density at radius 2 is 1.63 bits per heavy atom. The summed E-state index contributed by atoms with van der Waals surface area (Å²) in [4.78, 5) is 35.6. The number of amides is 1. The third-order valence-corrected chi connectivity index (χ3v) is 13.0. The number of aliphatic carboxylic acids is 1. The van der Waals surface area contributed by atoms with Crippen LogP contribution in [0, 0.1) is 46.3 Å². The summed E-state index contributed by atoms with van der Waals surface area (Å²) < 4.78 is 6.03. The molecule has 0 aromatic heterocycles. The molecule has 43 heavy (non-hydrogen) atoms. The molecule has 0 saturated heterocycles. The van der Waals surface area contributed by atoms with Crippen LogP contribution in [-0.2, 0) is 19.1 Å². The van der Waals surface area contributed by atoms with E-state index in [1.54, 1.807) is 0 Å². The number of unbranched alkanes of at least 4 members (excludes halogenated alkanes) is 6. The lowest BCUT2D eigenvalue weighted by atomic mass is 9.43. The Hall–Kier alpha value is -1.63. The maximum absolute atomic E-state index is 12.6. The van der Waals surface area contributed by atoms with Crippen molar-refractivity contribution in [1.29, 1.82) is 0 Å². The second-order valence-corrected chi connectivity index (χ2v) is 15.4. The number of esters is 1. The standard InChI is InChI=1S/C36H61NO6/c1-5-6-7-8-9-10-11-12-34(42)43-26-19-20-35(3)25(21-26)14-15-27-29-17-16-28(36(29,4)31(38)22-30(27)35)24(2)13-18-32(39)37-23-33(40)41/h24-31,38H,5-23H2,1-4H3,(H,37,39)(H,40,41). The fourth-order valence-corrected chi connectivity index (χ4v) is 10.5. The van der Waals surface area contributed by atoms with Gasteiger partial charge in [-0.05, 0) is 111 Å². The Balaban J connectivity index is 1.29. The van der Waals surface area contributed by atoms with Gasteiger partial charge in [0.25, 0.3) is 0 Å². The van der Waals surface area contributed by atoms with Gasteiger partial charge in [0.15, 0.2) is 0 Å². The highest BCUT2D eigenvalue weighted by atomic mass is 16.5. The first kappa shape index (κ1) is 34.2. The summed E-state index contributed by atoms with van der Waals surface area (Å²) in [6.45, 7) is 8.92. The Morgan fingerprint density at radius 1 is 0.907 bits per heavy atom. The van der Waals surface area contributed by atoms with Crippen LogP contribution in [0.25, 0.3) is 0 Å². The number of aliphatic hydroxyl groups is 1. The van der Waals surface area contributed by atoms with E-state index in [1.165, 1.54) is 44.9 Å². The van der Waals surface area contributed by atoms with E-state index in [-0.39, 0.29) is 41.5 Å². The smallest absolute Gasteiger partial charge is 0.322 e. The van der Waals surface area contributed by atoms with E-state index in [2.05, 4.69) is 33.0 Å². The normalized spacial score (nSPS) is 37.5. The lowest BCUT2D eigenvalue weighted by Gasteiger charge is -2.62. The van der Waals surface area contributed by atoms with Gasteiger partial charge in [0.2, 0.25) is 5.91 Å². The molecule has 0 aromatic carbocycles. The Morgan fingerprint density at radius 3 is 2.35 bits per heavy atom. The summed E-state index contributed by atoms with van der Waals surface area (Å²) in [5, 5.41) is 23.2. The summed E-state index contributed by atoms with van der Waals surface area (Å²) in [5.41, 5.74) is 0.0581. The average Bonchev–Trinajstić information content (AvgIpc) is 3.33. The fraction of sp³-hybridized carbons (Fsp3) is 0.917. The second kappa shape index (κ2) is 15.1. The molecule has 0 aromatic rings. The zero-order chi connectivity index (χ0) is 31.2. The van der Waals surface area contributed by atoms with Crippen LogP contribution < -0.4 is 5.32 Å². The number of hydrogen-bond donors (Lipinski definition) is 3.